The molecule has 1 aromatic rings. The van der Waals surface area contributed by atoms with E-state index in [0.717, 1.165) is 29.9 Å². The van der Waals surface area contributed by atoms with Crippen molar-refractivity contribution in [1.29, 1.82) is 0 Å². The SMILES string of the molecule is Oc1cc(Br)cc(CC2CCNCC2)c1. The number of nitrogens with one attached hydrogen (secondary N) is 1. The molecule has 1 saturated heterocycles. The molecule has 1 aliphatic rings. The van der Waals surface area contributed by atoms with E-state index in [0.29, 0.717) is 5.75 Å². The highest BCUT2D eigenvalue weighted by Crippen LogP contribution is 2.24. The van der Waals surface area contributed by atoms with Gasteiger partial charge in [0, 0.05) is 4.47 Å². The summed E-state index contributed by atoms with van der Waals surface area (Å²) in [6.45, 7) is 2.26. The Kier molecular flexibility index (Phi) is 3.65. The number of halogens is 1. The maximum Gasteiger partial charge on any atom is 0.116 e. The van der Waals surface area contributed by atoms with Gasteiger partial charge in [0.1, 0.15) is 5.75 Å². The minimum absolute atomic E-state index is 0.355. The van der Waals surface area contributed by atoms with Crippen LogP contribution in [-0.2, 0) is 6.42 Å². The lowest BCUT2D eigenvalue weighted by Crippen LogP contribution is -2.28. The summed E-state index contributed by atoms with van der Waals surface area (Å²) in [7, 11) is 0. The van der Waals surface area contributed by atoms with E-state index >= 15 is 0 Å². The van der Waals surface area contributed by atoms with Crippen molar-refractivity contribution in [2.75, 3.05) is 13.1 Å². The first-order valence-corrected chi connectivity index (χ1v) is 6.22. The monoisotopic (exact) mass is 269 g/mol. The number of phenolic OH excluding ortho intramolecular Hbond substituents is 1. The Bertz CT molecular complexity index is 314. The van der Waals surface area contributed by atoms with Crippen molar-refractivity contribution >= 4 is 15.9 Å². The van der Waals surface area contributed by atoms with Crippen LogP contribution in [0.15, 0.2) is 22.7 Å². The first kappa shape index (κ1) is 11.0. The summed E-state index contributed by atoms with van der Waals surface area (Å²) >= 11 is 3.41. The van der Waals surface area contributed by atoms with Gasteiger partial charge in [0.05, 0.1) is 0 Å². The molecule has 1 aliphatic heterocycles. The number of benzene rings is 1. The van der Waals surface area contributed by atoms with E-state index in [2.05, 4.69) is 27.3 Å². The number of piperidine rings is 1. The number of phenols is 1. The molecule has 0 amide bonds. The molecule has 0 saturated carbocycles. The van der Waals surface area contributed by atoms with E-state index < -0.39 is 0 Å². The maximum atomic E-state index is 9.48. The standard InChI is InChI=1S/C12H16BrNO/c13-11-6-10(7-12(15)8-11)5-9-1-3-14-4-2-9/h6-9,14-15H,1-5H2. The van der Waals surface area contributed by atoms with Crippen LogP contribution in [0.3, 0.4) is 0 Å². The third-order valence-corrected chi connectivity index (χ3v) is 3.38. The Hall–Kier alpha value is -0.540. The van der Waals surface area contributed by atoms with Crippen LogP contribution in [0.5, 0.6) is 5.75 Å². The summed E-state index contributed by atoms with van der Waals surface area (Å²) in [5.41, 5.74) is 1.23. The van der Waals surface area contributed by atoms with Gasteiger partial charge in [0.2, 0.25) is 0 Å². The molecule has 2 nitrogen and oxygen atoms in total. The minimum Gasteiger partial charge on any atom is -0.508 e. The molecule has 1 aromatic carbocycles. The van der Waals surface area contributed by atoms with Crippen molar-refractivity contribution in [3.63, 3.8) is 0 Å². The van der Waals surface area contributed by atoms with Crippen LogP contribution < -0.4 is 5.32 Å². The molecule has 15 heavy (non-hydrogen) atoms. The molecule has 0 bridgehead atoms. The predicted octanol–water partition coefficient (Wildman–Crippen LogP) is 2.70. The van der Waals surface area contributed by atoms with E-state index in [9.17, 15) is 5.11 Å². The second-order valence-corrected chi connectivity index (χ2v) is 5.13. The number of rotatable bonds is 2. The van der Waals surface area contributed by atoms with Crippen LogP contribution >= 0.6 is 15.9 Å². The number of hydrogen-bond acceptors (Lipinski definition) is 2. The zero-order valence-corrected chi connectivity index (χ0v) is 10.3. The highest BCUT2D eigenvalue weighted by molar-refractivity contribution is 9.10. The number of aromatic hydroxyl groups is 1. The summed E-state index contributed by atoms with van der Waals surface area (Å²) in [6.07, 6.45) is 3.56. The molecule has 0 spiro atoms. The second-order valence-electron chi connectivity index (χ2n) is 4.22. The summed E-state index contributed by atoms with van der Waals surface area (Å²) in [6, 6.07) is 5.69. The van der Waals surface area contributed by atoms with Crippen LogP contribution in [0, 0.1) is 5.92 Å². The maximum absolute atomic E-state index is 9.48. The average Bonchev–Trinajstić information content (AvgIpc) is 2.17. The van der Waals surface area contributed by atoms with Gasteiger partial charge in [0.15, 0.2) is 0 Å². The first-order chi connectivity index (χ1) is 7.24. The van der Waals surface area contributed by atoms with E-state index in [4.69, 9.17) is 0 Å². The van der Waals surface area contributed by atoms with Crippen LogP contribution in [0.25, 0.3) is 0 Å². The van der Waals surface area contributed by atoms with Crippen molar-refractivity contribution in [2.45, 2.75) is 19.3 Å². The summed E-state index contributed by atoms with van der Waals surface area (Å²) in [5, 5.41) is 12.8. The minimum atomic E-state index is 0.355. The topological polar surface area (TPSA) is 32.3 Å². The molecule has 0 atom stereocenters. The number of hydrogen-bond donors (Lipinski definition) is 2. The normalized spacial score (nSPS) is 17.9. The van der Waals surface area contributed by atoms with Crippen LogP contribution in [-0.4, -0.2) is 18.2 Å². The summed E-state index contributed by atoms with van der Waals surface area (Å²) in [5.74, 6) is 1.12. The quantitative estimate of drug-likeness (QED) is 0.866. The van der Waals surface area contributed by atoms with Crippen molar-refractivity contribution in [2.24, 2.45) is 5.92 Å². The van der Waals surface area contributed by atoms with E-state index in [-0.39, 0.29) is 0 Å². The molecule has 0 aliphatic carbocycles. The van der Waals surface area contributed by atoms with Gasteiger partial charge in [-0.3, -0.25) is 0 Å². The van der Waals surface area contributed by atoms with Gasteiger partial charge in [-0.05, 0) is 62.0 Å². The van der Waals surface area contributed by atoms with Crippen LogP contribution in [0.2, 0.25) is 0 Å². The lowest BCUT2D eigenvalue weighted by atomic mass is 9.91. The Labute approximate surface area is 98.8 Å². The fourth-order valence-corrected chi connectivity index (χ4v) is 2.70. The molecule has 1 heterocycles. The highest BCUT2D eigenvalue weighted by Gasteiger charge is 2.13. The highest BCUT2D eigenvalue weighted by atomic mass is 79.9. The van der Waals surface area contributed by atoms with Gasteiger partial charge in [-0.2, -0.15) is 0 Å². The van der Waals surface area contributed by atoms with E-state index in [1.165, 1.54) is 18.4 Å². The fourth-order valence-electron chi connectivity index (χ4n) is 2.17. The Morgan fingerprint density at radius 3 is 2.67 bits per heavy atom. The molecular formula is C12H16BrNO. The smallest absolute Gasteiger partial charge is 0.116 e. The fraction of sp³-hybridized carbons (Fsp3) is 0.500. The van der Waals surface area contributed by atoms with Crippen molar-refractivity contribution in [3.05, 3.63) is 28.2 Å². The van der Waals surface area contributed by atoms with Gasteiger partial charge in [0.25, 0.3) is 0 Å². The van der Waals surface area contributed by atoms with Gasteiger partial charge in [-0.1, -0.05) is 15.9 Å². The van der Waals surface area contributed by atoms with Gasteiger partial charge in [-0.15, -0.1) is 0 Å². The summed E-state index contributed by atoms with van der Waals surface area (Å²) < 4.78 is 0.964. The molecule has 82 valence electrons. The van der Waals surface area contributed by atoms with Crippen molar-refractivity contribution in [3.8, 4) is 5.75 Å². The van der Waals surface area contributed by atoms with Crippen molar-refractivity contribution in [1.82, 2.24) is 5.32 Å². The first-order valence-electron chi connectivity index (χ1n) is 5.43. The largest absolute Gasteiger partial charge is 0.508 e. The summed E-state index contributed by atoms with van der Waals surface area (Å²) in [4.78, 5) is 0. The predicted molar refractivity (Wildman–Crippen MR) is 65.1 cm³/mol. The molecule has 2 N–H and O–H groups in total. The lowest BCUT2D eigenvalue weighted by Gasteiger charge is -2.22. The molecule has 3 heteroatoms. The van der Waals surface area contributed by atoms with E-state index in [1.807, 2.05) is 6.07 Å². The molecule has 0 radical (unpaired) electrons. The third kappa shape index (κ3) is 3.21. The Morgan fingerprint density at radius 2 is 2.00 bits per heavy atom. The van der Waals surface area contributed by atoms with Gasteiger partial charge >= 0.3 is 0 Å². The van der Waals surface area contributed by atoms with E-state index in [1.54, 1.807) is 6.07 Å². The Balaban J connectivity index is 2.02. The van der Waals surface area contributed by atoms with Gasteiger partial charge < -0.3 is 10.4 Å². The zero-order valence-electron chi connectivity index (χ0n) is 8.67. The average molecular weight is 270 g/mol. The van der Waals surface area contributed by atoms with Crippen LogP contribution in [0.4, 0.5) is 0 Å². The zero-order chi connectivity index (χ0) is 10.7. The molecular weight excluding hydrogens is 254 g/mol. The second kappa shape index (κ2) is 4.99. The van der Waals surface area contributed by atoms with Crippen molar-refractivity contribution < 1.29 is 5.11 Å². The Morgan fingerprint density at radius 1 is 1.27 bits per heavy atom. The van der Waals surface area contributed by atoms with Gasteiger partial charge in [-0.25, -0.2) is 0 Å². The molecule has 1 fully saturated rings. The lowest BCUT2D eigenvalue weighted by molar-refractivity contribution is 0.372. The molecule has 0 aromatic heterocycles. The van der Waals surface area contributed by atoms with Crippen LogP contribution in [0.1, 0.15) is 18.4 Å². The molecule has 2 rings (SSSR count). The third-order valence-electron chi connectivity index (χ3n) is 2.93. The molecule has 0 unspecified atom stereocenters.